The first-order valence-corrected chi connectivity index (χ1v) is 5.91. The lowest BCUT2D eigenvalue weighted by atomic mass is 9.85. The summed E-state index contributed by atoms with van der Waals surface area (Å²) in [4.78, 5) is 11.5. The normalized spacial score (nSPS) is 25.6. The molecule has 0 unspecified atom stereocenters. The van der Waals surface area contributed by atoms with Gasteiger partial charge in [0.25, 0.3) is 0 Å². The van der Waals surface area contributed by atoms with Crippen molar-refractivity contribution in [3.05, 3.63) is 35.9 Å². The third-order valence-corrected chi connectivity index (χ3v) is 3.23. The van der Waals surface area contributed by atoms with Crippen molar-refractivity contribution in [1.82, 2.24) is 0 Å². The maximum atomic E-state index is 11.5. The summed E-state index contributed by atoms with van der Waals surface area (Å²) in [6, 6.07) is 10.3. The van der Waals surface area contributed by atoms with Crippen molar-refractivity contribution in [3.8, 4) is 0 Å². The van der Waals surface area contributed by atoms with Crippen LogP contribution < -0.4 is 0 Å². The molecule has 1 aromatic carbocycles. The van der Waals surface area contributed by atoms with E-state index in [0.29, 0.717) is 18.3 Å². The van der Waals surface area contributed by atoms with Crippen LogP contribution in [-0.2, 0) is 9.53 Å². The molecule has 1 fully saturated rings. The highest BCUT2D eigenvalue weighted by atomic mass is 16.5. The van der Waals surface area contributed by atoms with Crippen LogP contribution in [0.25, 0.3) is 0 Å². The van der Waals surface area contributed by atoms with Gasteiger partial charge in [0.05, 0.1) is 6.42 Å². The molecule has 2 heteroatoms. The molecule has 2 rings (SSSR count). The van der Waals surface area contributed by atoms with Crippen molar-refractivity contribution in [3.63, 3.8) is 0 Å². The second-order valence-electron chi connectivity index (χ2n) is 4.82. The van der Waals surface area contributed by atoms with Crippen LogP contribution in [-0.4, -0.2) is 12.1 Å². The molecule has 1 heterocycles. The number of hydrogen-bond acceptors (Lipinski definition) is 2. The Kier molecular flexibility index (Phi) is 3.28. The SMILES string of the molecule is CC(C)[C@H]1C[C@H](c2ccccc2)CC(=O)O1. The number of benzene rings is 1. The van der Waals surface area contributed by atoms with Crippen LogP contribution in [0.15, 0.2) is 30.3 Å². The molecule has 0 spiro atoms. The minimum Gasteiger partial charge on any atom is -0.462 e. The first-order valence-electron chi connectivity index (χ1n) is 5.91. The van der Waals surface area contributed by atoms with Crippen molar-refractivity contribution < 1.29 is 9.53 Å². The van der Waals surface area contributed by atoms with Gasteiger partial charge in [0.15, 0.2) is 0 Å². The van der Waals surface area contributed by atoms with Crippen LogP contribution in [0, 0.1) is 5.92 Å². The van der Waals surface area contributed by atoms with Crippen molar-refractivity contribution in [2.75, 3.05) is 0 Å². The standard InChI is InChI=1S/C14H18O2/c1-10(2)13-8-12(9-14(15)16-13)11-6-4-3-5-7-11/h3-7,10,12-13H,8-9H2,1-2H3/t12-,13+/m0/s1. The zero-order valence-corrected chi connectivity index (χ0v) is 9.85. The highest BCUT2D eigenvalue weighted by molar-refractivity contribution is 5.71. The van der Waals surface area contributed by atoms with Crippen LogP contribution in [0.3, 0.4) is 0 Å². The molecule has 1 saturated heterocycles. The van der Waals surface area contributed by atoms with Crippen molar-refractivity contribution >= 4 is 5.97 Å². The lowest BCUT2D eigenvalue weighted by Gasteiger charge is -2.31. The summed E-state index contributed by atoms with van der Waals surface area (Å²) < 4.78 is 5.36. The lowest BCUT2D eigenvalue weighted by Crippen LogP contribution is -2.32. The Balaban J connectivity index is 2.14. The molecular weight excluding hydrogens is 200 g/mol. The van der Waals surface area contributed by atoms with Crippen molar-refractivity contribution in [1.29, 1.82) is 0 Å². The highest BCUT2D eigenvalue weighted by Gasteiger charge is 2.30. The van der Waals surface area contributed by atoms with Crippen LogP contribution in [0.4, 0.5) is 0 Å². The molecule has 2 atom stereocenters. The maximum Gasteiger partial charge on any atom is 0.306 e. The van der Waals surface area contributed by atoms with E-state index >= 15 is 0 Å². The molecule has 1 aliphatic heterocycles. The molecular formula is C14H18O2. The fourth-order valence-electron chi connectivity index (χ4n) is 2.22. The monoisotopic (exact) mass is 218 g/mol. The molecule has 16 heavy (non-hydrogen) atoms. The molecule has 0 radical (unpaired) electrons. The van der Waals surface area contributed by atoms with E-state index in [4.69, 9.17) is 4.74 Å². The second kappa shape index (κ2) is 4.69. The number of carbonyl (C=O) groups excluding carboxylic acids is 1. The second-order valence-corrected chi connectivity index (χ2v) is 4.82. The van der Waals surface area contributed by atoms with Gasteiger partial charge in [-0.05, 0) is 23.8 Å². The summed E-state index contributed by atoms with van der Waals surface area (Å²) >= 11 is 0. The molecule has 86 valence electrons. The van der Waals surface area contributed by atoms with E-state index in [1.807, 2.05) is 18.2 Å². The molecule has 1 aliphatic rings. The van der Waals surface area contributed by atoms with Gasteiger partial charge < -0.3 is 4.74 Å². The Morgan fingerprint density at radius 2 is 1.94 bits per heavy atom. The zero-order chi connectivity index (χ0) is 11.5. The summed E-state index contributed by atoms with van der Waals surface area (Å²) in [5.74, 6) is 0.670. The van der Waals surface area contributed by atoms with Gasteiger partial charge in [-0.2, -0.15) is 0 Å². The maximum absolute atomic E-state index is 11.5. The minimum atomic E-state index is -0.0567. The Morgan fingerprint density at radius 3 is 2.56 bits per heavy atom. The number of cyclic esters (lactones) is 1. The van der Waals surface area contributed by atoms with Gasteiger partial charge in [-0.1, -0.05) is 44.2 Å². The first-order chi connectivity index (χ1) is 7.66. The molecule has 0 saturated carbocycles. The quantitative estimate of drug-likeness (QED) is 0.713. The van der Waals surface area contributed by atoms with E-state index in [2.05, 4.69) is 26.0 Å². The summed E-state index contributed by atoms with van der Waals surface area (Å²) in [6.45, 7) is 4.20. The Labute approximate surface area is 96.6 Å². The molecule has 0 bridgehead atoms. The first kappa shape index (κ1) is 11.2. The van der Waals surface area contributed by atoms with Crippen molar-refractivity contribution in [2.24, 2.45) is 5.92 Å². The third-order valence-electron chi connectivity index (χ3n) is 3.23. The van der Waals surface area contributed by atoms with Gasteiger partial charge in [-0.3, -0.25) is 4.79 Å². The fourth-order valence-corrected chi connectivity index (χ4v) is 2.22. The van der Waals surface area contributed by atoms with E-state index in [-0.39, 0.29) is 12.1 Å². The van der Waals surface area contributed by atoms with E-state index in [1.165, 1.54) is 5.56 Å². The number of carbonyl (C=O) groups is 1. The Bertz CT molecular complexity index is 356. The lowest BCUT2D eigenvalue weighted by molar-refractivity contribution is -0.157. The minimum absolute atomic E-state index is 0.0567. The summed E-state index contributed by atoms with van der Waals surface area (Å²) in [5.41, 5.74) is 1.25. The van der Waals surface area contributed by atoms with Gasteiger partial charge in [0, 0.05) is 0 Å². The van der Waals surface area contributed by atoms with Crippen LogP contribution in [0.5, 0.6) is 0 Å². The van der Waals surface area contributed by atoms with Crippen LogP contribution in [0.1, 0.15) is 38.2 Å². The molecule has 1 aromatic rings. The van der Waals surface area contributed by atoms with E-state index < -0.39 is 0 Å². The van der Waals surface area contributed by atoms with Crippen LogP contribution >= 0.6 is 0 Å². The molecule has 0 aliphatic carbocycles. The fraction of sp³-hybridized carbons (Fsp3) is 0.500. The summed E-state index contributed by atoms with van der Waals surface area (Å²) in [5, 5.41) is 0. The number of esters is 1. The number of hydrogen-bond donors (Lipinski definition) is 0. The smallest absolute Gasteiger partial charge is 0.306 e. The van der Waals surface area contributed by atoms with E-state index in [1.54, 1.807) is 0 Å². The van der Waals surface area contributed by atoms with Gasteiger partial charge in [-0.25, -0.2) is 0 Å². The summed E-state index contributed by atoms with van der Waals surface area (Å²) in [6.07, 6.45) is 1.55. The van der Waals surface area contributed by atoms with Gasteiger partial charge in [-0.15, -0.1) is 0 Å². The third kappa shape index (κ3) is 2.43. The Morgan fingerprint density at radius 1 is 1.25 bits per heavy atom. The molecule has 2 nitrogen and oxygen atoms in total. The Hall–Kier alpha value is -1.31. The number of ether oxygens (including phenoxy) is 1. The van der Waals surface area contributed by atoms with Gasteiger partial charge in [0.1, 0.15) is 6.10 Å². The summed E-state index contributed by atoms with van der Waals surface area (Å²) in [7, 11) is 0. The van der Waals surface area contributed by atoms with Crippen molar-refractivity contribution in [2.45, 2.75) is 38.7 Å². The molecule has 0 amide bonds. The molecule has 0 aromatic heterocycles. The van der Waals surface area contributed by atoms with Gasteiger partial charge in [0.2, 0.25) is 0 Å². The van der Waals surface area contributed by atoms with E-state index in [0.717, 1.165) is 6.42 Å². The topological polar surface area (TPSA) is 26.3 Å². The molecule has 0 N–H and O–H groups in total. The number of rotatable bonds is 2. The highest BCUT2D eigenvalue weighted by Crippen LogP contribution is 2.33. The van der Waals surface area contributed by atoms with Gasteiger partial charge >= 0.3 is 5.97 Å². The largest absolute Gasteiger partial charge is 0.462 e. The predicted octanol–water partition coefficient (Wildman–Crippen LogP) is 3.13. The van der Waals surface area contributed by atoms with E-state index in [9.17, 15) is 4.79 Å². The zero-order valence-electron chi connectivity index (χ0n) is 9.85. The predicted molar refractivity (Wildman–Crippen MR) is 63.1 cm³/mol. The average Bonchev–Trinajstić information content (AvgIpc) is 2.29. The van der Waals surface area contributed by atoms with Crippen LogP contribution in [0.2, 0.25) is 0 Å². The average molecular weight is 218 g/mol.